The Hall–Kier alpha value is -2.17. The molecule has 0 amide bonds. The van der Waals surface area contributed by atoms with Crippen molar-refractivity contribution in [3.8, 4) is 17.1 Å². The molecule has 0 aliphatic heterocycles. The third kappa shape index (κ3) is 3.12. The fraction of sp³-hybridized carbons (Fsp3) is 0.375. The van der Waals surface area contributed by atoms with Gasteiger partial charge in [-0.15, -0.1) is 0 Å². The van der Waals surface area contributed by atoms with Crippen LogP contribution in [0.4, 0.5) is 10.2 Å². The Morgan fingerprint density at radius 1 is 1.24 bits per heavy atom. The fourth-order valence-corrected chi connectivity index (χ4v) is 2.27. The van der Waals surface area contributed by atoms with Gasteiger partial charge >= 0.3 is 0 Å². The number of hydrogen-bond acceptors (Lipinski definition) is 4. The van der Waals surface area contributed by atoms with E-state index in [9.17, 15) is 4.39 Å². The smallest absolute Gasteiger partial charge is 0.165 e. The van der Waals surface area contributed by atoms with Gasteiger partial charge in [-0.3, -0.25) is 0 Å². The van der Waals surface area contributed by atoms with E-state index < -0.39 is 5.82 Å². The molecule has 0 spiro atoms. The molecule has 0 atom stereocenters. The van der Waals surface area contributed by atoms with E-state index in [0.29, 0.717) is 11.4 Å². The molecule has 1 aromatic carbocycles. The lowest BCUT2D eigenvalue weighted by Crippen LogP contribution is -2.08. The third-order valence-electron chi connectivity index (χ3n) is 3.32. The number of nitrogens with zero attached hydrogens (tertiary/aromatic N) is 2. The summed E-state index contributed by atoms with van der Waals surface area (Å²) in [4.78, 5) is 9.03. The molecule has 4 nitrogen and oxygen atoms in total. The first kappa shape index (κ1) is 15.2. The van der Waals surface area contributed by atoms with E-state index in [0.717, 1.165) is 30.0 Å². The van der Waals surface area contributed by atoms with Crippen molar-refractivity contribution < 1.29 is 9.13 Å². The van der Waals surface area contributed by atoms with Gasteiger partial charge in [-0.1, -0.05) is 6.92 Å². The van der Waals surface area contributed by atoms with Crippen molar-refractivity contribution >= 4 is 5.82 Å². The van der Waals surface area contributed by atoms with Crippen molar-refractivity contribution in [3.05, 3.63) is 35.3 Å². The molecule has 2 rings (SSSR count). The van der Waals surface area contributed by atoms with Crippen molar-refractivity contribution in [1.82, 2.24) is 9.97 Å². The summed E-state index contributed by atoms with van der Waals surface area (Å²) in [6, 6.07) is 4.75. The number of aryl methyl sites for hydroxylation is 1. The van der Waals surface area contributed by atoms with E-state index in [1.165, 1.54) is 13.2 Å². The zero-order valence-electron chi connectivity index (χ0n) is 12.8. The van der Waals surface area contributed by atoms with Gasteiger partial charge in [0.2, 0.25) is 0 Å². The van der Waals surface area contributed by atoms with Gasteiger partial charge in [0, 0.05) is 23.4 Å². The van der Waals surface area contributed by atoms with Gasteiger partial charge in [0.05, 0.1) is 7.11 Å². The van der Waals surface area contributed by atoms with E-state index in [-0.39, 0.29) is 5.75 Å². The topological polar surface area (TPSA) is 47.0 Å². The van der Waals surface area contributed by atoms with Crippen molar-refractivity contribution in [1.29, 1.82) is 0 Å². The summed E-state index contributed by atoms with van der Waals surface area (Å²) in [5, 5.41) is 3.25. The quantitative estimate of drug-likeness (QED) is 0.913. The Morgan fingerprint density at radius 3 is 2.57 bits per heavy atom. The summed E-state index contributed by atoms with van der Waals surface area (Å²) in [6.45, 7) is 6.81. The predicted octanol–water partition coefficient (Wildman–Crippen LogP) is 3.59. The van der Waals surface area contributed by atoms with Gasteiger partial charge in [0.1, 0.15) is 5.82 Å². The summed E-state index contributed by atoms with van der Waals surface area (Å²) in [5.41, 5.74) is 2.64. The van der Waals surface area contributed by atoms with Crippen LogP contribution in [0.3, 0.4) is 0 Å². The lowest BCUT2D eigenvalue weighted by atomic mass is 10.1. The second-order valence-corrected chi connectivity index (χ2v) is 4.69. The normalized spacial score (nSPS) is 10.5. The highest BCUT2D eigenvalue weighted by Gasteiger charge is 2.13. The van der Waals surface area contributed by atoms with E-state index in [2.05, 4.69) is 22.2 Å². The lowest BCUT2D eigenvalue weighted by Gasteiger charge is -2.13. The number of ether oxygens (including phenoxy) is 1. The van der Waals surface area contributed by atoms with Crippen LogP contribution in [0.5, 0.6) is 5.75 Å². The number of hydrogen-bond donors (Lipinski definition) is 1. The van der Waals surface area contributed by atoms with Crippen LogP contribution in [0.2, 0.25) is 0 Å². The Balaban J connectivity index is 2.51. The third-order valence-corrected chi connectivity index (χ3v) is 3.32. The van der Waals surface area contributed by atoms with Crippen molar-refractivity contribution in [2.24, 2.45) is 0 Å². The van der Waals surface area contributed by atoms with E-state index in [1.54, 1.807) is 12.1 Å². The molecule has 112 valence electrons. The Bertz CT molecular complexity index is 644. The predicted molar refractivity (Wildman–Crippen MR) is 82.3 cm³/mol. The largest absolute Gasteiger partial charge is 0.494 e. The highest BCUT2D eigenvalue weighted by molar-refractivity contribution is 5.61. The van der Waals surface area contributed by atoms with Crippen molar-refractivity contribution in [2.45, 2.75) is 27.2 Å². The van der Waals surface area contributed by atoms with Crippen molar-refractivity contribution in [2.75, 3.05) is 19.0 Å². The van der Waals surface area contributed by atoms with Crippen LogP contribution in [-0.4, -0.2) is 23.6 Å². The van der Waals surface area contributed by atoms with Gasteiger partial charge < -0.3 is 10.1 Å². The average molecular weight is 289 g/mol. The number of benzene rings is 1. The van der Waals surface area contributed by atoms with Crippen LogP contribution in [-0.2, 0) is 6.42 Å². The zero-order valence-corrected chi connectivity index (χ0v) is 12.8. The van der Waals surface area contributed by atoms with E-state index in [1.807, 2.05) is 13.8 Å². The molecule has 0 saturated carbocycles. The summed E-state index contributed by atoms with van der Waals surface area (Å²) >= 11 is 0. The van der Waals surface area contributed by atoms with Crippen LogP contribution >= 0.6 is 0 Å². The fourth-order valence-electron chi connectivity index (χ4n) is 2.27. The number of nitrogens with one attached hydrogen (secondary N) is 1. The van der Waals surface area contributed by atoms with E-state index >= 15 is 0 Å². The first-order valence-electron chi connectivity index (χ1n) is 7.06. The Labute approximate surface area is 124 Å². The van der Waals surface area contributed by atoms with Crippen LogP contribution in [0.25, 0.3) is 11.4 Å². The first-order chi connectivity index (χ1) is 10.1. The average Bonchev–Trinajstić information content (AvgIpc) is 2.47. The molecule has 0 aliphatic rings. The second-order valence-electron chi connectivity index (χ2n) is 4.69. The molecule has 0 saturated heterocycles. The zero-order chi connectivity index (χ0) is 15.4. The van der Waals surface area contributed by atoms with Gasteiger partial charge in [0.15, 0.2) is 17.4 Å². The Morgan fingerprint density at radius 2 is 2.00 bits per heavy atom. The molecule has 2 aromatic rings. The van der Waals surface area contributed by atoms with Crippen LogP contribution in [0, 0.1) is 12.7 Å². The summed E-state index contributed by atoms with van der Waals surface area (Å²) in [6.07, 6.45) is 0.853. The molecule has 0 bridgehead atoms. The molecule has 0 fully saturated rings. The second kappa shape index (κ2) is 6.52. The Kier molecular flexibility index (Phi) is 4.73. The minimum atomic E-state index is -0.416. The molecule has 1 heterocycles. The highest BCUT2D eigenvalue weighted by Crippen LogP contribution is 2.26. The number of methoxy groups -OCH3 is 1. The molecule has 0 aliphatic carbocycles. The summed E-state index contributed by atoms with van der Waals surface area (Å²) < 4.78 is 18.8. The minimum Gasteiger partial charge on any atom is -0.494 e. The molecule has 1 aromatic heterocycles. The standard InChI is InChI=1S/C16H20FN3O/c1-5-12-10(3)19-15(20-16(12)18-6-2)11-7-8-14(21-4)13(17)9-11/h7-9H,5-6H2,1-4H3,(H,18,19,20). The highest BCUT2D eigenvalue weighted by atomic mass is 19.1. The molecule has 0 unspecified atom stereocenters. The number of aromatic nitrogens is 2. The number of anilines is 1. The van der Waals surface area contributed by atoms with Gasteiger partial charge in [-0.25, -0.2) is 14.4 Å². The van der Waals surface area contributed by atoms with E-state index in [4.69, 9.17) is 4.74 Å². The van der Waals surface area contributed by atoms with Crippen LogP contribution in [0.1, 0.15) is 25.1 Å². The maximum Gasteiger partial charge on any atom is 0.165 e. The number of halogens is 1. The van der Waals surface area contributed by atoms with Gasteiger partial charge in [-0.2, -0.15) is 0 Å². The first-order valence-corrected chi connectivity index (χ1v) is 7.06. The SMILES string of the molecule is CCNc1nc(-c2ccc(OC)c(F)c2)nc(C)c1CC. The van der Waals surface area contributed by atoms with Gasteiger partial charge in [-0.05, 0) is 38.5 Å². The minimum absolute atomic E-state index is 0.215. The van der Waals surface area contributed by atoms with Crippen LogP contribution < -0.4 is 10.1 Å². The van der Waals surface area contributed by atoms with Crippen molar-refractivity contribution in [3.63, 3.8) is 0 Å². The monoisotopic (exact) mass is 289 g/mol. The summed E-state index contributed by atoms with van der Waals surface area (Å²) in [5.74, 6) is 1.13. The lowest BCUT2D eigenvalue weighted by molar-refractivity contribution is 0.386. The molecule has 21 heavy (non-hydrogen) atoms. The molecule has 5 heteroatoms. The maximum atomic E-state index is 13.8. The number of rotatable bonds is 5. The maximum absolute atomic E-state index is 13.8. The van der Waals surface area contributed by atoms with Crippen LogP contribution in [0.15, 0.2) is 18.2 Å². The molecule has 0 radical (unpaired) electrons. The molecule has 1 N–H and O–H groups in total. The molecular weight excluding hydrogens is 269 g/mol. The van der Waals surface area contributed by atoms with Gasteiger partial charge in [0.25, 0.3) is 0 Å². The summed E-state index contributed by atoms with van der Waals surface area (Å²) in [7, 11) is 1.44. The molecular formula is C16H20FN3O.